The van der Waals surface area contributed by atoms with E-state index in [1.54, 1.807) is 12.4 Å². The molecule has 4 heteroatoms. The molecule has 5 rings (SSSR count). The molecule has 0 atom stereocenters. The van der Waals surface area contributed by atoms with Crippen molar-refractivity contribution in [3.8, 4) is 23.7 Å². The number of nitrogens with zero attached hydrogens (tertiary/aromatic N) is 4. The fraction of sp³-hybridized carbons (Fsp3) is 0. The van der Waals surface area contributed by atoms with Crippen molar-refractivity contribution in [1.29, 1.82) is 0 Å². The van der Waals surface area contributed by atoms with Crippen molar-refractivity contribution >= 4 is 22.1 Å². The summed E-state index contributed by atoms with van der Waals surface area (Å²) >= 11 is 0. The van der Waals surface area contributed by atoms with Crippen LogP contribution in [0.5, 0.6) is 0 Å². The Balaban J connectivity index is 1.40. The van der Waals surface area contributed by atoms with E-state index in [0.29, 0.717) is 11.4 Å². The zero-order chi connectivity index (χ0) is 20.2. The highest BCUT2D eigenvalue weighted by Crippen LogP contribution is 2.10. The average Bonchev–Trinajstić information content (AvgIpc) is 2.81. The largest absolute Gasteiger partial charge is 0.252 e. The van der Waals surface area contributed by atoms with Crippen LogP contribution in [-0.4, -0.2) is 19.9 Å². The SMILES string of the molecule is C(#Cc1cnc2ccccc2n1)c1cccc(C#Cc2cnc3ccccc3n2)c1. The fourth-order valence-electron chi connectivity index (χ4n) is 2.98. The van der Waals surface area contributed by atoms with E-state index in [4.69, 9.17) is 0 Å². The van der Waals surface area contributed by atoms with Crippen molar-refractivity contribution in [3.05, 3.63) is 108 Å². The predicted molar refractivity (Wildman–Crippen MR) is 117 cm³/mol. The minimum absolute atomic E-state index is 0.636. The van der Waals surface area contributed by atoms with Crippen LogP contribution in [0.25, 0.3) is 22.1 Å². The van der Waals surface area contributed by atoms with Crippen molar-refractivity contribution in [2.45, 2.75) is 0 Å². The number of aromatic nitrogens is 4. The topological polar surface area (TPSA) is 51.6 Å². The van der Waals surface area contributed by atoms with Crippen LogP contribution in [0.2, 0.25) is 0 Å². The van der Waals surface area contributed by atoms with Gasteiger partial charge in [-0.1, -0.05) is 42.2 Å². The van der Waals surface area contributed by atoms with Crippen LogP contribution in [0.4, 0.5) is 0 Å². The highest BCUT2D eigenvalue weighted by atomic mass is 14.8. The molecule has 0 N–H and O–H groups in total. The maximum absolute atomic E-state index is 4.53. The molecular weight excluding hydrogens is 368 g/mol. The Bertz CT molecular complexity index is 1400. The van der Waals surface area contributed by atoms with E-state index in [-0.39, 0.29) is 0 Å². The predicted octanol–water partition coefficient (Wildman–Crippen LogP) is 4.37. The van der Waals surface area contributed by atoms with Gasteiger partial charge in [-0.25, -0.2) is 9.97 Å². The highest BCUT2D eigenvalue weighted by molar-refractivity contribution is 5.74. The monoisotopic (exact) mass is 382 g/mol. The number of rotatable bonds is 0. The van der Waals surface area contributed by atoms with Gasteiger partial charge < -0.3 is 0 Å². The molecule has 2 aromatic heterocycles. The van der Waals surface area contributed by atoms with E-state index in [2.05, 4.69) is 43.6 Å². The van der Waals surface area contributed by atoms with Gasteiger partial charge in [-0.15, -0.1) is 0 Å². The summed E-state index contributed by atoms with van der Waals surface area (Å²) in [5.41, 5.74) is 6.38. The van der Waals surface area contributed by atoms with Gasteiger partial charge >= 0.3 is 0 Å². The molecule has 0 amide bonds. The summed E-state index contributed by atoms with van der Waals surface area (Å²) in [5.74, 6) is 12.4. The summed E-state index contributed by atoms with van der Waals surface area (Å²) in [4.78, 5) is 17.9. The zero-order valence-electron chi connectivity index (χ0n) is 15.9. The lowest BCUT2D eigenvalue weighted by Gasteiger charge is -1.96. The summed E-state index contributed by atoms with van der Waals surface area (Å²) in [5, 5.41) is 0. The molecule has 0 aliphatic carbocycles. The lowest BCUT2D eigenvalue weighted by molar-refractivity contribution is 1.26. The Kier molecular flexibility index (Phi) is 4.58. The molecule has 30 heavy (non-hydrogen) atoms. The normalized spacial score (nSPS) is 10.1. The highest BCUT2D eigenvalue weighted by Gasteiger charge is 1.98. The molecule has 0 aliphatic rings. The van der Waals surface area contributed by atoms with Crippen LogP contribution in [0.15, 0.2) is 85.2 Å². The first kappa shape index (κ1) is 17.6. The van der Waals surface area contributed by atoms with Crippen molar-refractivity contribution in [3.63, 3.8) is 0 Å². The first-order chi connectivity index (χ1) is 14.8. The van der Waals surface area contributed by atoms with Crippen molar-refractivity contribution in [1.82, 2.24) is 19.9 Å². The van der Waals surface area contributed by atoms with Crippen LogP contribution in [0, 0.1) is 23.7 Å². The molecule has 0 saturated carbocycles. The van der Waals surface area contributed by atoms with Crippen LogP contribution in [-0.2, 0) is 0 Å². The molecule has 0 saturated heterocycles. The van der Waals surface area contributed by atoms with Crippen LogP contribution in [0.1, 0.15) is 22.5 Å². The number of para-hydroxylation sites is 4. The van der Waals surface area contributed by atoms with Gasteiger partial charge in [0.1, 0.15) is 11.4 Å². The van der Waals surface area contributed by atoms with Gasteiger partial charge in [0.15, 0.2) is 0 Å². The standard InChI is InChI=1S/C26H14N4/c1-3-10-25-23(8-1)27-17-21(29-25)14-12-19-6-5-7-20(16-19)13-15-22-18-28-24-9-2-4-11-26(24)30-22/h1-11,16-18H. The summed E-state index contributed by atoms with van der Waals surface area (Å²) in [7, 11) is 0. The van der Waals surface area contributed by atoms with Gasteiger partial charge in [0.25, 0.3) is 0 Å². The maximum atomic E-state index is 4.53. The molecule has 4 nitrogen and oxygen atoms in total. The van der Waals surface area contributed by atoms with Gasteiger partial charge in [0, 0.05) is 11.1 Å². The summed E-state index contributed by atoms with van der Waals surface area (Å²) in [6.45, 7) is 0. The molecule has 0 spiro atoms. The molecule has 3 aromatic carbocycles. The van der Waals surface area contributed by atoms with Crippen LogP contribution in [0.3, 0.4) is 0 Å². The second-order valence-electron chi connectivity index (χ2n) is 6.57. The molecule has 5 aromatic rings. The van der Waals surface area contributed by atoms with Crippen LogP contribution >= 0.6 is 0 Å². The summed E-state index contributed by atoms with van der Waals surface area (Å²) < 4.78 is 0. The zero-order valence-corrected chi connectivity index (χ0v) is 15.9. The van der Waals surface area contributed by atoms with Gasteiger partial charge in [-0.05, 0) is 54.3 Å². The van der Waals surface area contributed by atoms with E-state index in [0.717, 1.165) is 33.2 Å². The lowest BCUT2D eigenvalue weighted by Crippen LogP contribution is -1.88. The number of fused-ring (bicyclic) bond motifs is 2. The lowest BCUT2D eigenvalue weighted by atomic mass is 10.1. The first-order valence-corrected chi connectivity index (χ1v) is 9.41. The Morgan fingerprint density at radius 3 is 1.43 bits per heavy atom. The molecular formula is C26H14N4. The maximum Gasteiger partial charge on any atom is 0.132 e. The molecule has 0 radical (unpaired) electrons. The first-order valence-electron chi connectivity index (χ1n) is 9.41. The summed E-state index contributed by atoms with van der Waals surface area (Å²) in [6, 6.07) is 23.3. The molecule has 0 fully saturated rings. The van der Waals surface area contributed by atoms with Gasteiger partial charge in [-0.3, -0.25) is 9.97 Å². The van der Waals surface area contributed by atoms with E-state index in [9.17, 15) is 0 Å². The molecule has 2 heterocycles. The third-order valence-electron chi connectivity index (χ3n) is 4.43. The average molecular weight is 382 g/mol. The minimum atomic E-state index is 0.636. The third kappa shape index (κ3) is 3.85. The second-order valence-corrected chi connectivity index (χ2v) is 6.57. The number of hydrogen-bond acceptors (Lipinski definition) is 4. The smallest absolute Gasteiger partial charge is 0.132 e. The molecule has 138 valence electrons. The molecule has 0 aliphatic heterocycles. The van der Waals surface area contributed by atoms with E-state index < -0.39 is 0 Å². The second kappa shape index (κ2) is 7.83. The third-order valence-corrected chi connectivity index (χ3v) is 4.43. The van der Waals surface area contributed by atoms with Gasteiger partial charge in [0.2, 0.25) is 0 Å². The van der Waals surface area contributed by atoms with E-state index in [1.165, 1.54) is 0 Å². The Hall–Kier alpha value is -4.54. The molecule has 0 bridgehead atoms. The quantitative estimate of drug-likeness (QED) is 0.373. The Morgan fingerprint density at radius 1 is 0.467 bits per heavy atom. The van der Waals surface area contributed by atoms with Gasteiger partial charge in [-0.2, -0.15) is 0 Å². The van der Waals surface area contributed by atoms with Gasteiger partial charge in [0.05, 0.1) is 34.5 Å². The number of benzene rings is 3. The van der Waals surface area contributed by atoms with E-state index in [1.807, 2.05) is 72.8 Å². The van der Waals surface area contributed by atoms with Crippen LogP contribution < -0.4 is 0 Å². The van der Waals surface area contributed by atoms with Crippen molar-refractivity contribution in [2.24, 2.45) is 0 Å². The summed E-state index contributed by atoms with van der Waals surface area (Å²) in [6.07, 6.45) is 3.38. The fourth-order valence-corrected chi connectivity index (χ4v) is 2.98. The van der Waals surface area contributed by atoms with E-state index >= 15 is 0 Å². The minimum Gasteiger partial charge on any atom is -0.252 e. The Labute approximate surface area is 173 Å². The Morgan fingerprint density at radius 2 is 0.933 bits per heavy atom. The number of hydrogen-bond donors (Lipinski definition) is 0. The van der Waals surface area contributed by atoms with Crippen molar-refractivity contribution in [2.75, 3.05) is 0 Å². The van der Waals surface area contributed by atoms with Crippen molar-refractivity contribution < 1.29 is 0 Å². The molecule has 0 unspecified atom stereocenters.